The van der Waals surface area contributed by atoms with Gasteiger partial charge in [-0.2, -0.15) is 0 Å². The summed E-state index contributed by atoms with van der Waals surface area (Å²) in [6.45, 7) is -0.0431. The van der Waals surface area contributed by atoms with Gasteiger partial charge >= 0.3 is 17.3 Å². The third-order valence-electron chi connectivity index (χ3n) is 5.63. The molecule has 4 aromatic rings. The Labute approximate surface area is 184 Å². The molecule has 174 valence electrons. The first-order valence-electron chi connectivity index (χ1n) is 10.1. The van der Waals surface area contributed by atoms with Gasteiger partial charge in [-0.1, -0.05) is 0 Å². The average Bonchev–Trinajstić information content (AvgIpc) is 3.37. The van der Waals surface area contributed by atoms with E-state index in [9.17, 15) is 24.0 Å². The second-order valence-electron chi connectivity index (χ2n) is 7.73. The molecule has 4 heterocycles. The zero-order valence-electron chi connectivity index (χ0n) is 18.3. The molecule has 14 nitrogen and oxygen atoms in total. The minimum Gasteiger partial charge on any atom is -0.481 e. The lowest BCUT2D eigenvalue weighted by Crippen LogP contribution is -2.42. The quantitative estimate of drug-likeness (QED) is 0.340. The van der Waals surface area contributed by atoms with E-state index in [1.165, 1.54) is 45.0 Å². The van der Waals surface area contributed by atoms with Crippen molar-refractivity contribution in [1.82, 2.24) is 37.4 Å². The largest absolute Gasteiger partial charge is 0.481 e. The highest BCUT2D eigenvalue weighted by Gasteiger charge is 2.18. The van der Waals surface area contributed by atoms with Crippen LogP contribution in [-0.2, 0) is 45.6 Å². The highest BCUT2D eigenvalue weighted by Crippen LogP contribution is 2.07. The van der Waals surface area contributed by atoms with E-state index in [0.717, 1.165) is 9.13 Å². The molecule has 0 aliphatic heterocycles. The van der Waals surface area contributed by atoms with Gasteiger partial charge in [-0.05, 0) is 6.42 Å². The Morgan fingerprint density at radius 1 is 0.818 bits per heavy atom. The smallest absolute Gasteiger partial charge is 0.332 e. The van der Waals surface area contributed by atoms with Crippen LogP contribution in [0.5, 0.6) is 0 Å². The molecule has 0 radical (unpaired) electrons. The van der Waals surface area contributed by atoms with E-state index in [1.807, 2.05) is 0 Å². The third-order valence-corrected chi connectivity index (χ3v) is 5.63. The molecule has 14 heteroatoms. The van der Waals surface area contributed by atoms with Crippen molar-refractivity contribution in [2.24, 2.45) is 21.1 Å². The van der Waals surface area contributed by atoms with E-state index < -0.39 is 28.5 Å². The standard InChI is InChI=1S/C19H22N8O6/c1-22-9-20-14-12(22)16(30)26(18(32)23(14)2)6-4-7-27-17(31)13-15(24(3)19(27)33)21-10-25(13)8-5-11(28)29/h9-10H,4-8H2,1-3H3,(H,28,29). The van der Waals surface area contributed by atoms with Crippen LogP contribution in [0.4, 0.5) is 0 Å². The molecule has 4 aromatic heterocycles. The van der Waals surface area contributed by atoms with Gasteiger partial charge in [0.05, 0.1) is 19.1 Å². The lowest BCUT2D eigenvalue weighted by Gasteiger charge is -2.11. The molecule has 0 aliphatic rings. The Kier molecular flexibility index (Phi) is 5.35. The number of aromatic nitrogens is 8. The van der Waals surface area contributed by atoms with Gasteiger partial charge in [0.2, 0.25) is 0 Å². The van der Waals surface area contributed by atoms with Crippen LogP contribution in [-0.4, -0.2) is 48.4 Å². The predicted molar refractivity (Wildman–Crippen MR) is 116 cm³/mol. The van der Waals surface area contributed by atoms with Crippen LogP contribution in [0.1, 0.15) is 12.8 Å². The van der Waals surface area contributed by atoms with Crippen LogP contribution in [0.2, 0.25) is 0 Å². The van der Waals surface area contributed by atoms with Crippen molar-refractivity contribution in [3.8, 4) is 0 Å². The van der Waals surface area contributed by atoms with Gasteiger partial charge in [0.25, 0.3) is 11.1 Å². The number of carboxylic acid groups (broad SMARTS) is 1. The van der Waals surface area contributed by atoms with Crippen LogP contribution in [0.25, 0.3) is 22.3 Å². The zero-order valence-corrected chi connectivity index (χ0v) is 18.3. The van der Waals surface area contributed by atoms with Crippen molar-refractivity contribution < 1.29 is 9.90 Å². The molecule has 0 spiro atoms. The van der Waals surface area contributed by atoms with Crippen LogP contribution in [0.3, 0.4) is 0 Å². The number of hydrogen-bond donors (Lipinski definition) is 1. The molecule has 1 N–H and O–H groups in total. The summed E-state index contributed by atoms with van der Waals surface area (Å²) in [5.74, 6) is -1.03. The van der Waals surface area contributed by atoms with Gasteiger partial charge in [0.15, 0.2) is 22.3 Å². The van der Waals surface area contributed by atoms with E-state index >= 15 is 0 Å². The Morgan fingerprint density at radius 2 is 1.33 bits per heavy atom. The van der Waals surface area contributed by atoms with Crippen molar-refractivity contribution in [3.63, 3.8) is 0 Å². The molecule has 0 atom stereocenters. The van der Waals surface area contributed by atoms with E-state index in [-0.39, 0.29) is 54.8 Å². The Bertz CT molecular complexity index is 1640. The van der Waals surface area contributed by atoms with Crippen molar-refractivity contribution in [2.75, 3.05) is 0 Å². The third kappa shape index (κ3) is 3.48. The van der Waals surface area contributed by atoms with Crippen molar-refractivity contribution >= 4 is 28.3 Å². The van der Waals surface area contributed by atoms with Crippen LogP contribution in [0, 0.1) is 0 Å². The normalized spacial score (nSPS) is 11.6. The molecule has 4 rings (SSSR count). The van der Waals surface area contributed by atoms with Gasteiger partial charge in [-0.3, -0.25) is 32.7 Å². The summed E-state index contributed by atoms with van der Waals surface area (Å²) < 4.78 is 7.46. The van der Waals surface area contributed by atoms with E-state index in [0.29, 0.717) is 0 Å². The maximum atomic E-state index is 13.0. The predicted octanol–water partition coefficient (Wildman–Crippen LogP) is -1.79. The zero-order chi connectivity index (χ0) is 24.0. The summed E-state index contributed by atoms with van der Waals surface area (Å²) in [7, 11) is 4.63. The number of rotatable bonds is 7. The molecule has 0 aromatic carbocycles. The van der Waals surface area contributed by atoms with Gasteiger partial charge in [0, 0.05) is 40.8 Å². The number of carboxylic acids is 1. The molecule has 0 aliphatic carbocycles. The topological polar surface area (TPSA) is 161 Å². The van der Waals surface area contributed by atoms with Gasteiger partial charge < -0.3 is 14.2 Å². The molecular formula is C19H22N8O6. The van der Waals surface area contributed by atoms with E-state index in [1.54, 1.807) is 7.05 Å². The summed E-state index contributed by atoms with van der Waals surface area (Å²) in [4.78, 5) is 70.3. The summed E-state index contributed by atoms with van der Waals surface area (Å²) in [6.07, 6.45) is 2.71. The Balaban J connectivity index is 1.69. The highest BCUT2D eigenvalue weighted by atomic mass is 16.4. The lowest BCUT2D eigenvalue weighted by molar-refractivity contribution is -0.137. The summed E-state index contributed by atoms with van der Waals surface area (Å²) in [5.41, 5.74) is -1.45. The second kappa shape index (κ2) is 8.03. The number of aliphatic carboxylic acids is 1. The molecule has 0 bridgehead atoms. The number of nitrogens with zero attached hydrogens (tertiary/aromatic N) is 8. The first-order chi connectivity index (χ1) is 15.6. The number of fused-ring (bicyclic) bond motifs is 2. The SMILES string of the molecule is Cn1cnc2c1c(=O)n(CCCn1c(=O)c3c(ncn3CCC(=O)O)n(C)c1=O)c(=O)n2C. The molecule has 0 amide bonds. The van der Waals surface area contributed by atoms with Gasteiger partial charge in [0.1, 0.15) is 0 Å². The fraction of sp³-hybridized carbons (Fsp3) is 0.421. The van der Waals surface area contributed by atoms with E-state index in [2.05, 4.69) is 9.97 Å². The van der Waals surface area contributed by atoms with Gasteiger partial charge in [-0.15, -0.1) is 0 Å². The Morgan fingerprint density at radius 3 is 1.91 bits per heavy atom. The fourth-order valence-electron chi connectivity index (χ4n) is 3.89. The number of imidazole rings is 2. The second-order valence-corrected chi connectivity index (χ2v) is 7.73. The highest BCUT2D eigenvalue weighted by molar-refractivity contribution is 5.71. The summed E-state index contributed by atoms with van der Waals surface area (Å²) >= 11 is 0. The minimum atomic E-state index is -1.03. The number of aryl methyl sites for hydroxylation is 4. The molecule has 0 fully saturated rings. The first kappa shape index (κ1) is 22.0. The van der Waals surface area contributed by atoms with Gasteiger partial charge in [-0.25, -0.2) is 19.6 Å². The fourth-order valence-corrected chi connectivity index (χ4v) is 3.89. The molecule has 33 heavy (non-hydrogen) atoms. The Hall–Kier alpha value is -4.23. The number of carbonyl (C=O) groups is 1. The maximum absolute atomic E-state index is 13.0. The molecular weight excluding hydrogens is 436 g/mol. The molecule has 0 unspecified atom stereocenters. The average molecular weight is 458 g/mol. The summed E-state index contributed by atoms with van der Waals surface area (Å²) in [6, 6.07) is 0. The first-order valence-corrected chi connectivity index (χ1v) is 10.1. The van der Waals surface area contributed by atoms with Crippen LogP contribution < -0.4 is 22.5 Å². The molecule has 0 saturated carbocycles. The number of hydrogen-bond acceptors (Lipinski definition) is 7. The van der Waals surface area contributed by atoms with Crippen LogP contribution in [0.15, 0.2) is 31.8 Å². The van der Waals surface area contributed by atoms with Crippen LogP contribution >= 0.6 is 0 Å². The van der Waals surface area contributed by atoms with Crippen molar-refractivity contribution in [2.45, 2.75) is 32.5 Å². The van der Waals surface area contributed by atoms with Crippen molar-refractivity contribution in [3.05, 3.63) is 54.3 Å². The summed E-state index contributed by atoms with van der Waals surface area (Å²) in [5, 5.41) is 8.93. The van der Waals surface area contributed by atoms with Crippen molar-refractivity contribution in [1.29, 1.82) is 0 Å². The molecule has 0 saturated heterocycles. The van der Waals surface area contributed by atoms with E-state index in [4.69, 9.17) is 5.11 Å². The minimum absolute atomic E-state index is 0.0153. The lowest BCUT2D eigenvalue weighted by atomic mass is 10.3. The maximum Gasteiger partial charge on any atom is 0.332 e. The monoisotopic (exact) mass is 458 g/mol.